The van der Waals surface area contributed by atoms with E-state index >= 15 is 0 Å². The van der Waals surface area contributed by atoms with Crippen LogP contribution in [0.1, 0.15) is 33.1 Å². The molecular weight excluding hydrogens is 220 g/mol. The highest BCUT2D eigenvalue weighted by Gasteiger charge is 2.13. The van der Waals surface area contributed by atoms with Crippen molar-refractivity contribution in [1.82, 2.24) is 5.32 Å². The zero-order valence-electron chi connectivity index (χ0n) is 11.0. The first kappa shape index (κ1) is 16.4. The van der Waals surface area contributed by atoms with Crippen molar-refractivity contribution in [2.24, 2.45) is 5.73 Å². The number of primary amides is 1. The molecule has 0 aromatic rings. The van der Waals surface area contributed by atoms with Crippen molar-refractivity contribution in [3.05, 3.63) is 0 Å². The van der Waals surface area contributed by atoms with Crippen molar-refractivity contribution >= 4 is 5.91 Å². The minimum Gasteiger partial charge on any atom is -0.379 e. The van der Waals surface area contributed by atoms with Crippen molar-refractivity contribution < 1.29 is 14.3 Å². The van der Waals surface area contributed by atoms with Gasteiger partial charge in [-0.1, -0.05) is 13.8 Å². The number of carbonyl (C=O) groups excluding carboxylic acids is 1. The second kappa shape index (κ2) is 11.8. The molecule has 102 valence electrons. The molecule has 0 spiro atoms. The van der Waals surface area contributed by atoms with Crippen LogP contribution in [-0.4, -0.2) is 44.9 Å². The fourth-order valence-corrected chi connectivity index (χ4v) is 1.33. The first-order valence-electron chi connectivity index (χ1n) is 6.40. The topological polar surface area (TPSA) is 73.6 Å². The molecule has 0 aromatic heterocycles. The number of nitrogens with two attached hydrogens (primary N) is 1. The summed E-state index contributed by atoms with van der Waals surface area (Å²) in [7, 11) is 0. The molecule has 0 bridgehead atoms. The second-order valence-electron chi connectivity index (χ2n) is 3.92. The maximum atomic E-state index is 11.1. The van der Waals surface area contributed by atoms with Gasteiger partial charge in [0.05, 0.1) is 19.3 Å². The summed E-state index contributed by atoms with van der Waals surface area (Å²) >= 11 is 0. The van der Waals surface area contributed by atoms with Gasteiger partial charge in [0.15, 0.2) is 0 Å². The molecule has 5 heteroatoms. The predicted octanol–water partition coefficient (Wildman–Crippen LogP) is 0.673. The number of hydrogen-bond donors (Lipinski definition) is 2. The fraction of sp³-hybridized carbons (Fsp3) is 0.917. The highest BCUT2D eigenvalue weighted by molar-refractivity contribution is 5.79. The lowest BCUT2D eigenvalue weighted by molar-refractivity contribution is -0.120. The molecule has 0 saturated carbocycles. The average Bonchev–Trinajstić information content (AvgIpc) is 2.31. The average molecular weight is 246 g/mol. The predicted molar refractivity (Wildman–Crippen MR) is 67.8 cm³/mol. The van der Waals surface area contributed by atoms with E-state index in [9.17, 15) is 4.79 Å². The molecule has 1 atom stereocenters. The lowest BCUT2D eigenvalue weighted by Crippen LogP contribution is -2.42. The third-order valence-corrected chi connectivity index (χ3v) is 2.26. The molecule has 0 radical (unpaired) electrons. The van der Waals surface area contributed by atoms with Gasteiger partial charge in [-0.15, -0.1) is 0 Å². The molecule has 0 heterocycles. The molecule has 0 aliphatic carbocycles. The highest BCUT2D eigenvalue weighted by Crippen LogP contribution is 1.93. The number of ether oxygens (including phenoxy) is 2. The Hall–Kier alpha value is -0.650. The normalized spacial score (nSPS) is 12.6. The van der Waals surface area contributed by atoms with E-state index < -0.39 is 0 Å². The summed E-state index contributed by atoms with van der Waals surface area (Å²) in [5, 5.41) is 3.09. The van der Waals surface area contributed by atoms with E-state index in [-0.39, 0.29) is 11.9 Å². The minimum atomic E-state index is -0.315. The summed E-state index contributed by atoms with van der Waals surface area (Å²) in [5.74, 6) is -0.315. The van der Waals surface area contributed by atoms with E-state index in [2.05, 4.69) is 12.2 Å². The number of amides is 1. The van der Waals surface area contributed by atoms with Crippen LogP contribution in [-0.2, 0) is 14.3 Å². The number of hydrogen-bond acceptors (Lipinski definition) is 4. The fourth-order valence-electron chi connectivity index (χ4n) is 1.33. The summed E-state index contributed by atoms with van der Waals surface area (Å²) in [6, 6.07) is -0.286. The first-order valence-corrected chi connectivity index (χ1v) is 6.40. The van der Waals surface area contributed by atoms with Crippen LogP contribution < -0.4 is 11.1 Å². The molecule has 5 nitrogen and oxygen atoms in total. The van der Waals surface area contributed by atoms with Gasteiger partial charge in [0.1, 0.15) is 0 Å². The van der Waals surface area contributed by atoms with Gasteiger partial charge >= 0.3 is 0 Å². The molecule has 0 aliphatic rings. The van der Waals surface area contributed by atoms with Crippen LogP contribution in [0.25, 0.3) is 0 Å². The van der Waals surface area contributed by atoms with E-state index in [1.54, 1.807) is 0 Å². The standard InChI is InChI=1S/C12H26N2O3/c1-3-6-14-11(12(13)15)5-8-17-10-9-16-7-4-2/h11,14H,3-10H2,1-2H3,(H2,13,15). The largest absolute Gasteiger partial charge is 0.379 e. The smallest absolute Gasteiger partial charge is 0.234 e. The summed E-state index contributed by atoms with van der Waals surface area (Å²) < 4.78 is 10.6. The van der Waals surface area contributed by atoms with E-state index in [1.165, 1.54) is 0 Å². The molecule has 1 amide bonds. The van der Waals surface area contributed by atoms with Gasteiger partial charge in [0, 0.05) is 13.2 Å². The van der Waals surface area contributed by atoms with Gasteiger partial charge in [-0.25, -0.2) is 0 Å². The zero-order chi connectivity index (χ0) is 12.9. The summed E-state index contributed by atoms with van der Waals surface area (Å²) in [5.41, 5.74) is 5.28. The van der Waals surface area contributed by atoms with Gasteiger partial charge in [-0.05, 0) is 25.8 Å². The van der Waals surface area contributed by atoms with Gasteiger partial charge in [0.25, 0.3) is 0 Å². The lowest BCUT2D eigenvalue weighted by Gasteiger charge is -2.14. The molecule has 1 unspecified atom stereocenters. The highest BCUT2D eigenvalue weighted by atomic mass is 16.5. The Labute approximate surface area is 104 Å². The van der Waals surface area contributed by atoms with Crippen LogP contribution in [0.2, 0.25) is 0 Å². The summed E-state index contributed by atoms with van der Waals surface area (Å²) in [6.07, 6.45) is 2.61. The molecule has 0 aromatic carbocycles. The van der Waals surface area contributed by atoms with E-state index in [0.717, 1.165) is 26.0 Å². The Morgan fingerprint density at radius 3 is 2.29 bits per heavy atom. The van der Waals surface area contributed by atoms with Gasteiger partial charge in [0.2, 0.25) is 5.91 Å². The van der Waals surface area contributed by atoms with Gasteiger partial charge in [-0.2, -0.15) is 0 Å². The Morgan fingerprint density at radius 1 is 1.12 bits per heavy atom. The van der Waals surface area contributed by atoms with Crippen LogP contribution >= 0.6 is 0 Å². The summed E-state index contributed by atoms with van der Waals surface area (Å²) in [6.45, 7) is 7.39. The Kier molecular flexibility index (Phi) is 11.4. The van der Waals surface area contributed by atoms with Crippen LogP contribution in [0.3, 0.4) is 0 Å². The number of rotatable bonds is 12. The maximum Gasteiger partial charge on any atom is 0.234 e. The lowest BCUT2D eigenvalue weighted by atomic mass is 10.2. The third kappa shape index (κ3) is 10.2. The van der Waals surface area contributed by atoms with Crippen molar-refractivity contribution in [3.63, 3.8) is 0 Å². The molecule has 0 fully saturated rings. The quantitative estimate of drug-likeness (QED) is 0.496. The zero-order valence-corrected chi connectivity index (χ0v) is 11.0. The summed E-state index contributed by atoms with van der Waals surface area (Å²) in [4.78, 5) is 11.1. The van der Waals surface area contributed by atoms with Crippen LogP contribution in [0, 0.1) is 0 Å². The molecule has 0 rings (SSSR count). The van der Waals surface area contributed by atoms with E-state index in [1.807, 2.05) is 6.92 Å². The van der Waals surface area contributed by atoms with Crippen molar-refractivity contribution in [2.45, 2.75) is 39.2 Å². The Morgan fingerprint density at radius 2 is 1.76 bits per heavy atom. The second-order valence-corrected chi connectivity index (χ2v) is 3.92. The number of nitrogens with one attached hydrogen (secondary N) is 1. The van der Waals surface area contributed by atoms with Crippen LogP contribution in [0.5, 0.6) is 0 Å². The van der Waals surface area contributed by atoms with Crippen molar-refractivity contribution in [1.29, 1.82) is 0 Å². The molecule has 17 heavy (non-hydrogen) atoms. The monoisotopic (exact) mass is 246 g/mol. The Bertz CT molecular complexity index is 189. The van der Waals surface area contributed by atoms with Crippen molar-refractivity contribution in [3.8, 4) is 0 Å². The van der Waals surface area contributed by atoms with Crippen molar-refractivity contribution in [2.75, 3.05) is 33.0 Å². The molecule has 0 saturated heterocycles. The minimum absolute atomic E-state index is 0.286. The maximum absolute atomic E-state index is 11.1. The van der Waals surface area contributed by atoms with E-state index in [4.69, 9.17) is 15.2 Å². The van der Waals surface area contributed by atoms with Gasteiger partial charge in [-0.3, -0.25) is 4.79 Å². The van der Waals surface area contributed by atoms with Crippen LogP contribution in [0.4, 0.5) is 0 Å². The SMILES string of the molecule is CCCNC(CCOCCOCCC)C(N)=O. The van der Waals surface area contributed by atoms with Gasteiger partial charge < -0.3 is 20.5 Å². The third-order valence-electron chi connectivity index (χ3n) is 2.26. The Balaban J connectivity index is 3.44. The first-order chi connectivity index (χ1) is 8.22. The number of carbonyl (C=O) groups is 1. The molecular formula is C12H26N2O3. The molecule has 0 aliphatic heterocycles. The van der Waals surface area contributed by atoms with E-state index in [0.29, 0.717) is 26.2 Å². The molecule has 3 N–H and O–H groups in total. The van der Waals surface area contributed by atoms with Crippen LogP contribution in [0.15, 0.2) is 0 Å².